The summed E-state index contributed by atoms with van der Waals surface area (Å²) in [7, 11) is 0. The first-order valence-corrected chi connectivity index (χ1v) is 15.0. The van der Waals surface area contributed by atoms with Crippen molar-refractivity contribution in [1.82, 2.24) is 15.5 Å². The summed E-state index contributed by atoms with van der Waals surface area (Å²) in [4.78, 5) is 43.9. The molecule has 0 aromatic heterocycles. The van der Waals surface area contributed by atoms with Gasteiger partial charge in [0.05, 0.1) is 30.1 Å². The molecule has 3 N–H and O–H groups in total. The fourth-order valence-electron chi connectivity index (χ4n) is 7.48. The molecule has 0 radical (unpaired) electrons. The number of likely N-dealkylation sites (tertiary alicyclic amines) is 1. The Bertz CT molecular complexity index is 1240. The zero-order valence-electron chi connectivity index (χ0n) is 24.3. The second-order valence-corrected chi connectivity index (χ2v) is 12.2. The summed E-state index contributed by atoms with van der Waals surface area (Å²) in [5.41, 5.74) is -0.107. The van der Waals surface area contributed by atoms with Gasteiger partial charge in [-0.15, -0.1) is 0 Å². The van der Waals surface area contributed by atoms with Crippen LogP contribution in [0.2, 0.25) is 0 Å². The number of rotatable bonds is 12. The number of amides is 3. The van der Waals surface area contributed by atoms with Crippen molar-refractivity contribution in [2.45, 2.75) is 82.7 Å². The molecule has 3 aliphatic rings. The molecule has 3 heterocycles. The summed E-state index contributed by atoms with van der Waals surface area (Å²) in [6, 6.07) is 17.8. The first-order chi connectivity index (χ1) is 19.8. The molecular formula is C33H43N3O5. The van der Waals surface area contributed by atoms with Crippen molar-refractivity contribution < 1.29 is 24.2 Å². The van der Waals surface area contributed by atoms with Crippen LogP contribution in [0, 0.1) is 17.8 Å². The van der Waals surface area contributed by atoms with E-state index >= 15 is 0 Å². The maximum absolute atomic E-state index is 14.5. The monoisotopic (exact) mass is 561 g/mol. The predicted octanol–water partition coefficient (Wildman–Crippen LogP) is 3.22. The predicted molar refractivity (Wildman–Crippen MR) is 155 cm³/mol. The van der Waals surface area contributed by atoms with E-state index in [0.717, 1.165) is 30.4 Å². The number of unbranched alkanes of at least 4 members (excludes halogenated alkanes) is 2. The zero-order valence-corrected chi connectivity index (χ0v) is 24.3. The van der Waals surface area contributed by atoms with E-state index in [1.807, 2.05) is 74.5 Å². The van der Waals surface area contributed by atoms with Gasteiger partial charge in [0.2, 0.25) is 17.7 Å². The molecule has 2 aromatic carbocycles. The highest BCUT2D eigenvalue weighted by molar-refractivity contribution is 5.99. The van der Waals surface area contributed by atoms with Gasteiger partial charge in [-0.05, 0) is 43.2 Å². The van der Waals surface area contributed by atoms with Gasteiger partial charge < -0.3 is 25.4 Å². The van der Waals surface area contributed by atoms with Gasteiger partial charge >= 0.3 is 0 Å². The van der Waals surface area contributed by atoms with Crippen molar-refractivity contribution in [3.05, 3.63) is 71.8 Å². The summed E-state index contributed by atoms with van der Waals surface area (Å²) >= 11 is 0. The molecule has 3 saturated heterocycles. The third-order valence-corrected chi connectivity index (χ3v) is 9.59. The number of nitrogens with one attached hydrogen (secondary N) is 2. The van der Waals surface area contributed by atoms with E-state index in [9.17, 15) is 19.5 Å². The van der Waals surface area contributed by atoms with Crippen LogP contribution in [0.5, 0.6) is 0 Å². The summed E-state index contributed by atoms with van der Waals surface area (Å²) in [5, 5.41) is 16.7. The van der Waals surface area contributed by atoms with Gasteiger partial charge in [0.15, 0.2) is 0 Å². The number of aliphatic hydroxyl groups is 1. The van der Waals surface area contributed by atoms with Gasteiger partial charge in [0, 0.05) is 13.1 Å². The number of hydrogen-bond donors (Lipinski definition) is 3. The molecule has 3 aliphatic heterocycles. The van der Waals surface area contributed by atoms with Gasteiger partial charge in [-0.3, -0.25) is 14.4 Å². The van der Waals surface area contributed by atoms with Crippen LogP contribution in [0.25, 0.3) is 0 Å². The lowest BCUT2D eigenvalue weighted by molar-refractivity contribution is -0.150. The molecule has 7 atom stereocenters. The van der Waals surface area contributed by atoms with Gasteiger partial charge in [-0.1, -0.05) is 87.4 Å². The van der Waals surface area contributed by atoms with E-state index in [0.29, 0.717) is 25.9 Å². The highest BCUT2D eigenvalue weighted by Gasteiger charge is 2.80. The number of benzene rings is 2. The van der Waals surface area contributed by atoms with Crippen LogP contribution in [-0.2, 0) is 32.1 Å². The minimum atomic E-state index is -1.14. The zero-order chi connectivity index (χ0) is 29.2. The lowest BCUT2D eigenvalue weighted by Crippen LogP contribution is -2.58. The van der Waals surface area contributed by atoms with Crippen LogP contribution in [0.4, 0.5) is 0 Å². The quantitative estimate of drug-likeness (QED) is 0.345. The van der Waals surface area contributed by atoms with E-state index in [4.69, 9.17) is 4.74 Å². The van der Waals surface area contributed by atoms with Crippen molar-refractivity contribution in [2.75, 3.05) is 13.2 Å². The number of fused-ring (bicyclic) bond motifs is 1. The van der Waals surface area contributed by atoms with Gasteiger partial charge in [0.25, 0.3) is 0 Å². The topological polar surface area (TPSA) is 108 Å². The Balaban J connectivity index is 1.49. The van der Waals surface area contributed by atoms with Crippen molar-refractivity contribution >= 4 is 17.7 Å². The normalized spacial score (nSPS) is 30.7. The van der Waals surface area contributed by atoms with Crippen LogP contribution in [0.3, 0.4) is 0 Å². The van der Waals surface area contributed by atoms with E-state index in [-0.39, 0.29) is 30.2 Å². The maximum atomic E-state index is 14.5. The molecule has 3 unspecified atom stereocenters. The Morgan fingerprint density at radius 2 is 1.68 bits per heavy atom. The first-order valence-electron chi connectivity index (χ1n) is 15.0. The number of nitrogens with zero attached hydrogens (tertiary/aromatic N) is 1. The van der Waals surface area contributed by atoms with E-state index in [1.54, 1.807) is 4.90 Å². The average Bonchev–Trinajstić information content (AvgIpc) is 3.50. The third-order valence-electron chi connectivity index (χ3n) is 9.59. The average molecular weight is 562 g/mol. The largest absolute Gasteiger partial charge is 0.394 e. The van der Waals surface area contributed by atoms with Gasteiger partial charge in [-0.2, -0.15) is 0 Å². The van der Waals surface area contributed by atoms with Crippen molar-refractivity contribution in [1.29, 1.82) is 0 Å². The Morgan fingerprint density at radius 3 is 2.32 bits per heavy atom. The summed E-state index contributed by atoms with van der Waals surface area (Å²) in [5.74, 6) is -2.41. The molecule has 41 heavy (non-hydrogen) atoms. The van der Waals surface area contributed by atoms with Crippen LogP contribution in [0.1, 0.15) is 57.6 Å². The second-order valence-electron chi connectivity index (χ2n) is 12.2. The van der Waals surface area contributed by atoms with E-state index in [1.165, 1.54) is 0 Å². The summed E-state index contributed by atoms with van der Waals surface area (Å²) < 4.78 is 6.81. The molecule has 5 rings (SSSR count). The molecule has 8 nitrogen and oxygen atoms in total. The summed E-state index contributed by atoms with van der Waals surface area (Å²) in [6.45, 7) is 6.60. The maximum Gasteiger partial charge on any atom is 0.245 e. The van der Waals surface area contributed by atoms with Crippen molar-refractivity contribution in [3.63, 3.8) is 0 Å². The second kappa shape index (κ2) is 11.9. The lowest BCUT2D eigenvalue weighted by atomic mass is 9.62. The fraction of sp³-hybridized carbons (Fsp3) is 0.545. The lowest BCUT2D eigenvalue weighted by Gasteiger charge is -2.37. The molecule has 1 spiro atoms. The minimum absolute atomic E-state index is 0.0453. The molecule has 0 aliphatic carbocycles. The highest BCUT2D eigenvalue weighted by Crippen LogP contribution is 2.65. The third kappa shape index (κ3) is 5.17. The first kappa shape index (κ1) is 29.3. The molecular weight excluding hydrogens is 518 g/mol. The summed E-state index contributed by atoms with van der Waals surface area (Å²) in [6.07, 6.45) is 3.74. The van der Waals surface area contributed by atoms with Crippen LogP contribution >= 0.6 is 0 Å². The van der Waals surface area contributed by atoms with E-state index < -0.39 is 35.1 Å². The van der Waals surface area contributed by atoms with Crippen molar-refractivity contribution in [2.24, 2.45) is 17.8 Å². The molecule has 8 heteroatoms. The molecule has 3 fully saturated rings. The van der Waals surface area contributed by atoms with Crippen LogP contribution in [-0.4, -0.2) is 64.2 Å². The Labute approximate surface area is 242 Å². The van der Waals surface area contributed by atoms with Crippen molar-refractivity contribution in [3.8, 4) is 0 Å². The van der Waals surface area contributed by atoms with Crippen LogP contribution < -0.4 is 10.6 Å². The SMILES string of the molecule is CCCCCNC(=O)C1N([C@@H](CO)Cc2ccccc2)C(=O)[C@@H]2[C@H](C(=O)NCc3ccccc3)[C@@]3(C)OC12CC3C. The fourth-order valence-corrected chi connectivity index (χ4v) is 7.48. The smallest absolute Gasteiger partial charge is 0.245 e. The number of carbonyl (C=O) groups is 3. The number of carbonyl (C=O) groups excluding carboxylic acids is 3. The number of hydrogen-bond acceptors (Lipinski definition) is 5. The Hall–Kier alpha value is -3.23. The minimum Gasteiger partial charge on any atom is -0.394 e. The van der Waals surface area contributed by atoms with Crippen LogP contribution in [0.15, 0.2) is 60.7 Å². The van der Waals surface area contributed by atoms with Gasteiger partial charge in [-0.25, -0.2) is 0 Å². The molecule has 2 aromatic rings. The Kier molecular flexibility index (Phi) is 8.52. The van der Waals surface area contributed by atoms with E-state index in [2.05, 4.69) is 17.6 Å². The standard InChI is InChI=1S/C33H43N3O5/c1-4-5-12-17-34-30(39)28-33-19-22(2)32(3,41-33)26(29(38)35-20-24-15-10-7-11-16-24)27(33)31(40)36(28)25(21-37)18-23-13-8-6-9-14-23/h6-11,13-16,22,25-28,37H,4-5,12,17-21H2,1-3H3,(H,34,39)(H,35,38)/t22?,25-,26-,27+,28?,32+,33?/m1/s1. The van der Waals surface area contributed by atoms with Gasteiger partial charge in [0.1, 0.15) is 11.6 Å². The molecule has 2 bridgehead atoms. The molecule has 220 valence electrons. The molecule has 0 saturated carbocycles. The number of ether oxygens (including phenoxy) is 1. The number of aliphatic hydroxyl groups excluding tert-OH is 1. The molecule has 3 amide bonds. The highest BCUT2D eigenvalue weighted by atomic mass is 16.5. The Morgan fingerprint density at radius 1 is 1.02 bits per heavy atom.